The van der Waals surface area contributed by atoms with Crippen molar-refractivity contribution in [1.29, 1.82) is 0 Å². The molecule has 0 aliphatic carbocycles. The second-order valence-electron chi connectivity index (χ2n) is 3.64. The van der Waals surface area contributed by atoms with E-state index < -0.39 is 5.97 Å². The van der Waals surface area contributed by atoms with E-state index in [0.717, 1.165) is 12.2 Å². The summed E-state index contributed by atoms with van der Waals surface area (Å²) in [6, 6.07) is 0. The number of hydrogen-bond donors (Lipinski definition) is 2. The maximum Gasteiger partial charge on any atom is 0.308 e. The minimum absolute atomic E-state index is 0.0417. The molecule has 0 aromatic carbocycles. The molecule has 1 aliphatic rings. The van der Waals surface area contributed by atoms with E-state index in [9.17, 15) is 4.79 Å². The molecule has 5 heteroatoms. The van der Waals surface area contributed by atoms with Gasteiger partial charge < -0.3 is 15.0 Å². The molecule has 0 unspecified atom stereocenters. The lowest BCUT2D eigenvalue weighted by atomic mass is 9.93. The van der Waals surface area contributed by atoms with Crippen molar-refractivity contribution in [3.05, 3.63) is 18.2 Å². The molecule has 1 fully saturated rings. The van der Waals surface area contributed by atoms with Crippen LogP contribution in [0.15, 0.2) is 12.5 Å². The molecule has 0 saturated carbocycles. The van der Waals surface area contributed by atoms with Gasteiger partial charge in [0.1, 0.15) is 0 Å². The van der Waals surface area contributed by atoms with Crippen LogP contribution in [0.2, 0.25) is 0 Å². The number of aromatic nitrogens is 2. The third kappa shape index (κ3) is 1.39. The van der Waals surface area contributed by atoms with Crippen molar-refractivity contribution < 1.29 is 9.90 Å². The number of carboxylic acid groups (broad SMARTS) is 1. The molecule has 1 aromatic rings. The van der Waals surface area contributed by atoms with Gasteiger partial charge >= 0.3 is 5.97 Å². The normalized spacial score (nSPS) is 26.6. The molecule has 0 spiro atoms. The minimum Gasteiger partial charge on any atom is -0.481 e. The lowest BCUT2D eigenvalue weighted by molar-refractivity contribution is -0.141. The van der Waals surface area contributed by atoms with Crippen molar-refractivity contribution in [1.82, 2.24) is 14.9 Å². The summed E-state index contributed by atoms with van der Waals surface area (Å²) in [4.78, 5) is 15.0. The number of rotatable bonds is 2. The highest BCUT2D eigenvalue weighted by Gasteiger charge is 2.35. The van der Waals surface area contributed by atoms with E-state index in [1.807, 2.05) is 11.6 Å². The molecule has 0 radical (unpaired) electrons. The highest BCUT2D eigenvalue weighted by atomic mass is 16.4. The zero-order valence-electron chi connectivity index (χ0n) is 7.97. The van der Waals surface area contributed by atoms with Crippen molar-refractivity contribution in [2.75, 3.05) is 13.1 Å². The van der Waals surface area contributed by atoms with Crippen LogP contribution < -0.4 is 5.32 Å². The number of nitrogens with zero attached hydrogens (tertiary/aromatic N) is 2. The summed E-state index contributed by atoms with van der Waals surface area (Å²) in [5.74, 6) is -1.02. The maximum absolute atomic E-state index is 10.9. The molecule has 2 heterocycles. The molecule has 1 aromatic heterocycles. The molecule has 2 rings (SSSR count). The molecule has 1 saturated heterocycles. The van der Waals surface area contributed by atoms with Gasteiger partial charge in [0, 0.05) is 37.9 Å². The lowest BCUT2D eigenvalue weighted by Gasteiger charge is -2.14. The third-order valence-electron chi connectivity index (χ3n) is 2.77. The fourth-order valence-electron chi connectivity index (χ4n) is 1.97. The number of carboxylic acids is 1. The standard InChI is InChI=1S/C9H13N3O2/c1-12-5-11-4-8(12)6-2-10-3-7(6)9(13)14/h4-7,10H,2-3H2,1H3,(H,13,14)/t6-,7-/m0/s1. The van der Waals surface area contributed by atoms with Gasteiger partial charge in [0.25, 0.3) is 0 Å². The summed E-state index contributed by atoms with van der Waals surface area (Å²) in [5, 5.41) is 12.1. The number of nitrogens with one attached hydrogen (secondary N) is 1. The average Bonchev–Trinajstić information content (AvgIpc) is 2.70. The van der Waals surface area contributed by atoms with Crippen LogP contribution in [0.4, 0.5) is 0 Å². The molecule has 0 amide bonds. The van der Waals surface area contributed by atoms with Crippen LogP contribution in [0.3, 0.4) is 0 Å². The Kier molecular flexibility index (Phi) is 2.25. The molecule has 5 nitrogen and oxygen atoms in total. The number of imidazole rings is 1. The molecule has 2 N–H and O–H groups in total. The van der Waals surface area contributed by atoms with Gasteiger partial charge in [0.15, 0.2) is 0 Å². The predicted molar refractivity (Wildman–Crippen MR) is 49.9 cm³/mol. The Morgan fingerprint density at radius 1 is 1.71 bits per heavy atom. The highest BCUT2D eigenvalue weighted by molar-refractivity contribution is 5.72. The zero-order valence-corrected chi connectivity index (χ0v) is 7.97. The molecular weight excluding hydrogens is 182 g/mol. The first-order valence-electron chi connectivity index (χ1n) is 4.60. The largest absolute Gasteiger partial charge is 0.481 e. The van der Waals surface area contributed by atoms with Crippen LogP contribution in [0, 0.1) is 5.92 Å². The van der Waals surface area contributed by atoms with Crippen LogP contribution in [-0.2, 0) is 11.8 Å². The quantitative estimate of drug-likeness (QED) is 0.686. The highest BCUT2D eigenvalue weighted by Crippen LogP contribution is 2.27. The predicted octanol–water partition coefficient (Wildman–Crippen LogP) is -0.192. The maximum atomic E-state index is 10.9. The van der Waals surface area contributed by atoms with E-state index in [0.29, 0.717) is 6.54 Å². The first kappa shape index (κ1) is 9.21. The Morgan fingerprint density at radius 3 is 3.07 bits per heavy atom. The lowest BCUT2D eigenvalue weighted by Crippen LogP contribution is -2.22. The van der Waals surface area contributed by atoms with Gasteiger partial charge in [-0.15, -0.1) is 0 Å². The van der Waals surface area contributed by atoms with Crippen LogP contribution >= 0.6 is 0 Å². The Labute approximate surface area is 81.8 Å². The summed E-state index contributed by atoms with van der Waals surface area (Å²) in [6.07, 6.45) is 3.44. The summed E-state index contributed by atoms with van der Waals surface area (Å²) in [5.41, 5.74) is 0.988. The Morgan fingerprint density at radius 2 is 2.50 bits per heavy atom. The van der Waals surface area contributed by atoms with E-state index in [1.165, 1.54) is 0 Å². The Balaban J connectivity index is 2.26. The SMILES string of the molecule is Cn1cncc1[C@H]1CNC[C@@H]1C(=O)O. The zero-order chi connectivity index (χ0) is 10.1. The van der Waals surface area contributed by atoms with Crippen molar-refractivity contribution in [3.8, 4) is 0 Å². The third-order valence-corrected chi connectivity index (χ3v) is 2.77. The molecule has 14 heavy (non-hydrogen) atoms. The summed E-state index contributed by atoms with van der Waals surface area (Å²) >= 11 is 0. The summed E-state index contributed by atoms with van der Waals surface area (Å²) in [7, 11) is 1.89. The molecule has 0 bridgehead atoms. The first-order valence-corrected chi connectivity index (χ1v) is 4.60. The van der Waals surface area contributed by atoms with Crippen LogP contribution in [-0.4, -0.2) is 33.7 Å². The van der Waals surface area contributed by atoms with Gasteiger partial charge in [-0.05, 0) is 0 Å². The van der Waals surface area contributed by atoms with Crippen molar-refractivity contribution in [2.45, 2.75) is 5.92 Å². The Bertz CT molecular complexity index is 348. The van der Waals surface area contributed by atoms with Crippen LogP contribution in [0.5, 0.6) is 0 Å². The van der Waals surface area contributed by atoms with E-state index in [2.05, 4.69) is 10.3 Å². The van der Waals surface area contributed by atoms with Crippen molar-refractivity contribution in [2.24, 2.45) is 13.0 Å². The van der Waals surface area contributed by atoms with Crippen LogP contribution in [0.1, 0.15) is 11.6 Å². The second-order valence-corrected chi connectivity index (χ2v) is 3.64. The molecular formula is C9H13N3O2. The Hall–Kier alpha value is -1.36. The minimum atomic E-state index is -0.735. The number of aryl methyl sites for hydroxylation is 1. The monoisotopic (exact) mass is 195 g/mol. The summed E-state index contributed by atoms with van der Waals surface area (Å²) < 4.78 is 1.88. The number of carbonyl (C=O) groups is 1. The smallest absolute Gasteiger partial charge is 0.308 e. The van der Waals surface area contributed by atoms with E-state index in [1.54, 1.807) is 12.5 Å². The number of aliphatic carboxylic acids is 1. The molecule has 1 aliphatic heterocycles. The fraction of sp³-hybridized carbons (Fsp3) is 0.556. The second kappa shape index (κ2) is 3.42. The van der Waals surface area contributed by atoms with Gasteiger partial charge in [-0.25, -0.2) is 4.98 Å². The average molecular weight is 195 g/mol. The van der Waals surface area contributed by atoms with Gasteiger partial charge in [-0.3, -0.25) is 4.79 Å². The van der Waals surface area contributed by atoms with Gasteiger partial charge in [-0.2, -0.15) is 0 Å². The molecule has 2 atom stereocenters. The van der Waals surface area contributed by atoms with Gasteiger partial charge in [0.05, 0.1) is 12.2 Å². The van der Waals surface area contributed by atoms with E-state index >= 15 is 0 Å². The van der Waals surface area contributed by atoms with Gasteiger partial charge in [0.2, 0.25) is 0 Å². The fourth-order valence-corrected chi connectivity index (χ4v) is 1.97. The van der Waals surface area contributed by atoms with Gasteiger partial charge in [-0.1, -0.05) is 0 Å². The topological polar surface area (TPSA) is 67.2 Å². The summed E-state index contributed by atoms with van der Waals surface area (Å²) in [6.45, 7) is 1.27. The van der Waals surface area contributed by atoms with Crippen molar-refractivity contribution in [3.63, 3.8) is 0 Å². The molecule has 76 valence electrons. The van der Waals surface area contributed by atoms with Crippen molar-refractivity contribution >= 4 is 5.97 Å². The number of hydrogen-bond acceptors (Lipinski definition) is 3. The van der Waals surface area contributed by atoms with E-state index in [4.69, 9.17) is 5.11 Å². The van der Waals surface area contributed by atoms with Crippen LogP contribution in [0.25, 0.3) is 0 Å². The first-order chi connectivity index (χ1) is 6.70. The van der Waals surface area contributed by atoms with E-state index in [-0.39, 0.29) is 11.8 Å².